The lowest BCUT2D eigenvalue weighted by molar-refractivity contribution is 0.548. The molecule has 1 unspecified atom stereocenters. The van der Waals surface area contributed by atoms with Gasteiger partial charge in [-0.05, 0) is 47.9 Å². The fourth-order valence-electron chi connectivity index (χ4n) is 1.95. The standard InChI is InChI=1S/C14H13Cl2FN2/c15-11-6-10(7-12(16)8-11)14(19-18)5-9-2-1-3-13(17)4-9/h1-4,6-8,14,19H,5,18H2. The first-order valence-electron chi connectivity index (χ1n) is 5.75. The monoisotopic (exact) mass is 298 g/mol. The fourth-order valence-corrected chi connectivity index (χ4v) is 2.49. The van der Waals surface area contributed by atoms with E-state index < -0.39 is 0 Å². The van der Waals surface area contributed by atoms with Crippen molar-refractivity contribution in [1.82, 2.24) is 5.43 Å². The molecule has 0 aliphatic heterocycles. The molecule has 0 radical (unpaired) electrons. The van der Waals surface area contributed by atoms with E-state index in [4.69, 9.17) is 29.0 Å². The van der Waals surface area contributed by atoms with Crippen molar-refractivity contribution in [1.29, 1.82) is 0 Å². The lowest BCUT2D eigenvalue weighted by atomic mass is 9.99. The summed E-state index contributed by atoms with van der Waals surface area (Å²) >= 11 is 11.9. The Morgan fingerprint density at radius 1 is 1.11 bits per heavy atom. The molecule has 0 fully saturated rings. The molecule has 0 aliphatic carbocycles. The summed E-state index contributed by atoms with van der Waals surface area (Å²) in [5, 5.41) is 1.09. The highest BCUT2D eigenvalue weighted by atomic mass is 35.5. The van der Waals surface area contributed by atoms with E-state index in [9.17, 15) is 4.39 Å². The van der Waals surface area contributed by atoms with Gasteiger partial charge in [0.25, 0.3) is 0 Å². The van der Waals surface area contributed by atoms with Crippen molar-refractivity contribution in [3.8, 4) is 0 Å². The van der Waals surface area contributed by atoms with Crippen LogP contribution < -0.4 is 11.3 Å². The minimum atomic E-state index is -0.266. The second-order valence-corrected chi connectivity index (χ2v) is 5.13. The molecule has 5 heteroatoms. The third-order valence-electron chi connectivity index (χ3n) is 2.82. The smallest absolute Gasteiger partial charge is 0.123 e. The van der Waals surface area contributed by atoms with Crippen LogP contribution in [0.2, 0.25) is 10.0 Å². The Hall–Kier alpha value is -1.13. The normalized spacial score (nSPS) is 12.4. The summed E-state index contributed by atoms with van der Waals surface area (Å²) in [6.45, 7) is 0. The zero-order chi connectivity index (χ0) is 13.8. The van der Waals surface area contributed by atoms with E-state index in [1.54, 1.807) is 24.3 Å². The van der Waals surface area contributed by atoms with Crippen LogP contribution in [-0.2, 0) is 6.42 Å². The molecule has 19 heavy (non-hydrogen) atoms. The lowest BCUT2D eigenvalue weighted by Crippen LogP contribution is -2.29. The predicted molar refractivity (Wildman–Crippen MR) is 76.6 cm³/mol. The second kappa shape index (κ2) is 6.35. The molecule has 0 amide bonds. The van der Waals surface area contributed by atoms with E-state index >= 15 is 0 Å². The number of benzene rings is 2. The van der Waals surface area contributed by atoms with Gasteiger partial charge in [-0.25, -0.2) is 4.39 Å². The number of hydrogen-bond donors (Lipinski definition) is 2. The van der Waals surface area contributed by atoms with Crippen LogP contribution in [0.5, 0.6) is 0 Å². The molecule has 2 rings (SSSR count). The van der Waals surface area contributed by atoms with Crippen LogP contribution in [-0.4, -0.2) is 0 Å². The average molecular weight is 299 g/mol. The van der Waals surface area contributed by atoms with Crippen LogP contribution in [0.3, 0.4) is 0 Å². The molecule has 0 heterocycles. The summed E-state index contributed by atoms with van der Waals surface area (Å²) in [5.74, 6) is 5.29. The second-order valence-electron chi connectivity index (χ2n) is 4.26. The summed E-state index contributed by atoms with van der Waals surface area (Å²) in [6, 6.07) is 11.5. The Balaban J connectivity index is 2.24. The quantitative estimate of drug-likeness (QED) is 0.664. The summed E-state index contributed by atoms with van der Waals surface area (Å²) in [4.78, 5) is 0. The largest absolute Gasteiger partial charge is 0.271 e. The van der Waals surface area contributed by atoms with Gasteiger partial charge in [0.1, 0.15) is 5.82 Å². The topological polar surface area (TPSA) is 38.0 Å². The van der Waals surface area contributed by atoms with Crippen molar-refractivity contribution < 1.29 is 4.39 Å². The molecule has 1 atom stereocenters. The van der Waals surface area contributed by atoms with Crippen molar-refractivity contribution in [2.24, 2.45) is 5.84 Å². The van der Waals surface area contributed by atoms with Gasteiger partial charge in [0.15, 0.2) is 0 Å². The number of hydrazine groups is 1. The Kier molecular flexibility index (Phi) is 4.77. The predicted octanol–water partition coefficient (Wildman–Crippen LogP) is 3.88. The molecule has 0 bridgehead atoms. The van der Waals surface area contributed by atoms with E-state index in [1.807, 2.05) is 6.07 Å². The molecule has 0 saturated heterocycles. The zero-order valence-corrected chi connectivity index (χ0v) is 11.5. The molecule has 100 valence electrons. The average Bonchev–Trinajstić information content (AvgIpc) is 2.34. The van der Waals surface area contributed by atoms with E-state index in [-0.39, 0.29) is 11.9 Å². The maximum absolute atomic E-state index is 13.2. The maximum atomic E-state index is 13.2. The number of nitrogens with two attached hydrogens (primary N) is 1. The van der Waals surface area contributed by atoms with Gasteiger partial charge < -0.3 is 0 Å². The molecule has 0 saturated carbocycles. The molecule has 0 spiro atoms. The molecule has 2 nitrogen and oxygen atoms in total. The van der Waals surface area contributed by atoms with E-state index in [2.05, 4.69) is 5.43 Å². The first-order chi connectivity index (χ1) is 9.08. The Morgan fingerprint density at radius 3 is 2.37 bits per heavy atom. The summed E-state index contributed by atoms with van der Waals surface area (Å²) in [7, 11) is 0. The van der Waals surface area contributed by atoms with Crippen LogP contribution in [0.1, 0.15) is 17.2 Å². The fraction of sp³-hybridized carbons (Fsp3) is 0.143. The molecule has 2 aromatic rings. The van der Waals surface area contributed by atoms with Gasteiger partial charge in [-0.2, -0.15) is 0 Å². The van der Waals surface area contributed by atoms with Gasteiger partial charge in [-0.15, -0.1) is 0 Å². The van der Waals surface area contributed by atoms with Crippen LogP contribution in [0.4, 0.5) is 4.39 Å². The lowest BCUT2D eigenvalue weighted by Gasteiger charge is -2.17. The highest BCUT2D eigenvalue weighted by Crippen LogP contribution is 2.25. The molecular weight excluding hydrogens is 286 g/mol. The van der Waals surface area contributed by atoms with Crippen molar-refractivity contribution in [2.75, 3.05) is 0 Å². The number of rotatable bonds is 4. The first kappa shape index (κ1) is 14.3. The van der Waals surface area contributed by atoms with Gasteiger partial charge in [0, 0.05) is 10.0 Å². The van der Waals surface area contributed by atoms with Crippen LogP contribution in [0.25, 0.3) is 0 Å². The Labute approximate surface area is 121 Å². The SMILES string of the molecule is NNC(Cc1cccc(F)c1)c1cc(Cl)cc(Cl)c1. The third kappa shape index (κ3) is 3.91. The highest BCUT2D eigenvalue weighted by Gasteiger charge is 2.12. The minimum Gasteiger partial charge on any atom is -0.271 e. The van der Waals surface area contributed by atoms with E-state index in [1.165, 1.54) is 12.1 Å². The van der Waals surface area contributed by atoms with Crippen LogP contribution in [0.15, 0.2) is 42.5 Å². The summed E-state index contributed by atoms with van der Waals surface area (Å²) in [6.07, 6.45) is 0.547. The maximum Gasteiger partial charge on any atom is 0.123 e. The number of nitrogens with one attached hydrogen (secondary N) is 1. The van der Waals surface area contributed by atoms with Crippen LogP contribution in [0, 0.1) is 5.82 Å². The van der Waals surface area contributed by atoms with Gasteiger partial charge >= 0.3 is 0 Å². The highest BCUT2D eigenvalue weighted by molar-refractivity contribution is 6.34. The first-order valence-corrected chi connectivity index (χ1v) is 6.50. The molecule has 2 aromatic carbocycles. The van der Waals surface area contributed by atoms with E-state index in [0.29, 0.717) is 16.5 Å². The van der Waals surface area contributed by atoms with Gasteiger partial charge in [-0.1, -0.05) is 35.3 Å². The molecule has 0 aliphatic rings. The van der Waals surface area contributed by atoms with Crippen LogP contribution >= 0.6 is 23.2 Å². The molecule has 3 N–H and O–H groups in total. The van der Waals surface area contributed by atoms with Gasteiger partial charge in [0.2, 0.25) is 0 Å². The van der Waals surface area contributed by atoms with Crippen molar-refractivity contribution in [3.05, 3.63) is 69.5 Å². The summed E-state index contributed by atoms with van der Waals surface area (Å²) < 4.78 is 13.2. The molecular formula is C14H13Cl2FN2. The van der Waals surface area contributed by atoms with Crippen molar-refractivity contribution in [2.45, 2.75) is 12.5 Å². The number of hydrogen-bond acceptors (Lipinski definition) is 2. The summed E-state index contributed by atoms with van der Waals surface area (Å²) in [5.41, 5.74) is 4.41. The zero-order valence-electron chi connectivity index (χ0n) is 10.0. The minimum absolute atomic E-state index is 0.182. The third-order valence-corrected chi connectivity index (χ3v) is 3.25. The Morgan fingerprint density at radius 2 is 1.79 bits per heavy atom. The van der Waals surface area contributed by atoms with Crippen molar-refractivity contribution >= 4 is 23.2 Å². The van der Waals surface area contributed by atoms with Gasteiger partial charge in [-0.3, -0.25) is 11.3 Å². The molecule has 0 aromatic heterocycles. The Bertz CT molecular complexity index is 555. The van der Waals surface area contributed by atoms with E-state index in [0.717, 1.165) is 11.1 Å². The van der Waals surface area contributed by atoms with Crippen molar-refractivity contribution in [3.63, 3.8) is 0 Å². The number of halogens is 3. The van der Waals surface area contributed by atoms with Gasteiger partial charge in [0.05, 0.1) is 6.04 Å².